The highest BCUT2D eigenvalue weighted by Crippen LogP contribution is 2.23. The van der Waals surface area contributed by atoms with E-state index in [-0.39, 0.29) is 10.9 Å². The Morgan fingerprint density at radius 2 is 2.00 bits per heavy atom. The third-order valence-electron chi connectivity index (χ3n) is 2.86. The van der Waals surface area contributed by atoms with Gasteiger partial charge in [-0.15, -0.1) is 0 Å². The van der Waals surface area contributed by atoms with Gasteiger partial charge in [0.15, 0.2) is 9.84 Å². The third kappa shape index (κ3) is 5.08. The molecule has 1 atom stereocenters. The number of nitrogens with two attached hydrogens (primary N) is 1. The molecule has 0 fully saturated rings. The average molecular weight is 285 g/mol. The second-order valence-electron chi connectivity index (χ2n) is 5.16. The number of sulfone groups is 1. The maximum absolute atomic E-state index is 11.4. The standard InChI is InChI=1S/C13H23N3O2S/c1-10(7-8-16(2)3)15-13-6-5-11(9-12(13)14)19(4,17)18/h5-6,9-10,15H,7-8,14H2,1-4H3. The molecule has 0 spiro atoms. The predicted molar refractivity (Wildman–Crippen MR) is 80.2 cm³/mol. The van der Waals surface area contributed by atoms with Gasteiger partial charge in [0.25, 0.3) is 0 Å². The Labute approximate surface area is 115 Å². The summed E-state index contributed by atoms with van der Waals surface area (Å²) in [6, 6.07) is 5.06. The van der Waals surface area contributed by atoms with Crippen LogP contribution >= 0.6 is 0 Å². The molecule has 0 aromatic heterocycles. The van der Waals surface area contributed by atoms with Gasteiger partial charge in [-0.2, -0.15) is 0 Å². The number of nitrogens with zero attached hydrogens (tertiary/aromatic N) is 1. The highest BCUT2D eigenvalue weighted by Gasteiger charge is 2.11. The van der Waals surface area contributed by atoms with Crippen LogP contribution in [0.1, 0.15) is 13.3 Å². The van der Waals surface area contributed by atoms with Crippen molar-refractivity contribution in [3.63, 3.8) is 0 Å². The van der Waals surface area contributed by atoms with Gasteiger partial charge in [0, 0.05) is 12.3 Å². The highest BCUT2D eigenvalue weighted by atomic mass is 32.2. The molecular formula is C13H23N3O2S. The van der Waals surface area contributed by atoms with Crippen LogP contribution in [-0.4, -0.2) is 46.3 Å². The molecule has 6 heteroatoms. The molecule has 1 rings (SSSR count). The van der Waals surface area contributed by atoms with Crippen LogP contribution in [0.2, 0.25) is 0 Å². The molecule has 0 radical (unpaired) electrons. The van der Waals surface area contributed by atoms with Crippen LogP contribution in [-0.2, 0) is 9.84 Å². The topological polar surface area (TPSA) is 75.4 Å². The maximum atomic E-state index is 11.4. The van der Waals surface area contributed by atoms with Gasteiger partial charge >= 0.3 is 0 Å². The summed E-state index contributed by atoms with van der Waals surface area (Å²) in [6.45, 7) is 3.06. The van der Waals surface area contributed by atoms with Crippen LogP contribution in [0.4, 0.5) is 11.4 Å². The highest BCUT2D eigenvalue weighted by molar-refractivity contribution is 7.90. The van der Waals surface area contributed by atoms with Gasteiger partial charge < -0.3 is 16.0 Å². The lowest BCUT2D eigenvalue weighted by molar-refractivity contribution is 0.390. The third-order valence-corrected chi connectivity index (χ3v) is 3.97. The van der Waals surface area contributed by atoms with Gasteiger partial charge in [0.05, 0.1) is 16.3 Å². The number of nitrogens with one attached hydrogen (secondary N) is 1. The Morgan fingerprint density at radius 1 is 1.37 bits per heavy atom. The monoisotopic (exact) mass is 285 g/mol. The van der Waals surface area contributed by atoms with Gasteiger partial charge in [-0.1, -0.05) is 0 Å². The van der Waals surface area contributed by atoms with Crippen molar-refractivity contribution in [2.24, 2.45) is 0 Å². The molecule has 0 bridgehead atoms. The zero-order chi connectivity index (χ0) is 14.6. The predicted octanol–water partition coefficient (Wildman–Crippen LogP) is 1.42. The number of rotatable bonds is 6. The molecule has 0 saturated carbocycles. The van der Waals surface area contributed by atoms with E-state index in [1.807, 2.05) is 14.1 Å². The first-order valence-electron chi connectivity index (χ1n) is 6.21. The Morgan fingerprint density at radius 3 is 2.47 bits per heavy atom. The smallest absolute Gasteiger partial charge is 0.175 e. The zero-order valence-electron chi connectivity index (χ0n) is 12.0. The minimum atomic E-state index is -3.21. The summed E-state index contributed by atoms with van der Waals surface area (Å²) in [5.41, 5.74) is 7.12. The first-order chi connectivity index (χ1) is 8.70. The summed E-state index contributed by atoms with van der Waals surface area (Å²) in [5, 5.41) is 3.30. The van der Waals surface area contributed by atoms with Crippen LogP contribution in [0, 0.1) is 0 Å². The summed E-state index contributed by atoms with van der Waals surface area (Å²) in [6.07, 6.45) is 2.16. The maximum Gasteiger partial charge on any atom is 0.175 e. The van der Waals surface area contributed by atoms with Crippen molar-refractivity contribution >= 4 is 21.2 Å². The lowest BCUT2D eigenvalue weighted by Crippen LogP contribution is -2.23. The first-order valence-corrected chi connectivity index (χ1v) is 8.10. The van der Waals surface area contributed by atoms with E-state index in [4.69, 9.17) is 5.73 Å². The van der Waals surface area contributed by atoms with E-state index in [2.05, 4.69) is 17.1 Å². The van der Waals surface area contributed by atoms with E-state index in [0.29, 0.717) is 5.69 Å². The molecule has 0 aliphatic carbocycles. The van der Waals surface area contributed by atoms with Crippen LogP contribution in [0.15, 0.2) is 23.1 Å². The Hall–Kier alpha value is -1.27. The van der Waals surface area contributed by atoms with Crippen molar-refractivity contribution in [2.45, 2.75) is 24.3 Å². The summed E-state index contributed by atoms with van der Waals surface area (Å²) >= 11 is 0. The van der Waals surface area contributed by atoms with Crippen LogP contribution in [0.25, 0.3) is 0 Å². The van der Waals surface area contributed by atoms with Crippen molar-refractivity contribution in [3.05, 3.63) is 18.2 Å². The van der Waals surface area contributed by atoms with E-state index < -0.39 is 9.84 Å². The molecule has 5 nitrogen and oxygen atoms in total. The zero-order valence-corrected chi connectivity index (χ0v) is 12.8. The molecule has 108 valence electrons. The van der Waals surface area contributed by atoms with Crippen molar-refractivity contribution in [3.8, 4) is 0 Å². The fraction of sp³-hybridized carbons (Fsp3) is 0.538. The van der Waals surface area contributed by atoms with Crippen LogP contribution in [0.5, 0.6) is 0 Å². The molecule has 0 saturated heterocycles. The van der Waals surface area contributed by atoms with Gasteiger partial charge in [-0.25, -0.2) is 8.42 Å². The van der Waals surface area contributed by atoms with Crippen molar-refractivity contribution in [1.29, 1.82) is 0 Å². The minimum Gasteiger partial charge on any atom is -0.397 e. The van der Waals surface area contributed by atoms with E-state index in [9.17, 15) is 8.42 Å². The molecule has 0 aliphatic heterocycles. The molecule has 0 aliphatic rings. The second kappa shape index (κ2) is 6.25. The number of hydrogen-bond donors (Lipinski definition) is 2. The molecule has 19 heavy (non-hydrogen) atoms. The molecule has 1 unspecified atom stereocenters. The van der Waals surface area contributed by atoms with Crippen LogP contribution in [0.3, 0.4) is 0 Å². The summed E-state index contributed by atoms with van der Waals surface area (Å²) in [5.74, 6) is 0. The van der Waals surface area contributed by atoms with E-state index in [0.717, 1.165) is 18.7 Å². The fourth-order valence-electron chi connectivity index (χ4n) is 1.69. The Bertz CT molecular complexity index is 527. The number of nitrogen functional groups attached to an aromatic ring is 1. The van der Waals surface area contributed by atoms with Crippen molar-refractivity contribution in [2.75, 3.05) is 37.9 Å². The van der Waals surface area contributed by atoms with Gasteiger partial charge in [-0.3, -0.25) is 0 Å². The first kappa shape index (κ1) is 15.8. The lowest BCUT2D eigenvalue weighted by Gasteiger charge is -2.19. The molecule has 1 aromatic rings. The number of benzene rings is 1. The largest absolute Gasteiger partial charge is 0.397 e. The summed E-state index contributed by atoms with van der Waals surface area (Å²) in [4.78, 5) is 2.37. The molecule has 1 aromatic carbocycles. The van der Waals surface area contributed by atoms with Crippen molar-refractivity contribution < 1.29 is 8.42 Å². The van der Waals surface area contributed by atoms with Crippen molar-refractivity contribution in [1.82, 2.24) is 4.90 Å². The molecular weight excluding hydrogens is 262 g/mol. The minimum absolute atomic E-state index is 0.247. The Kier molecular flexibility index (Phi) is 5.20. The summed E-state index contributed by atoms with van der Waals surface area (Å²) < 4.78 is 22.8. The number of anilines is 2. The van der Waals surface area contributed by atoms with E-state index >= 15 is 0 Å². The average Bonchev–Trinajstić information content (AvgIpc) is 2.27. The van der Waals surface area contributed by atoms with Gasteiger partial charge in [-0.05, 0) is 52.2 Å². The van der Waals surface area contributed by atoms with Crippen LogP contribution < -0.4 is 11.1 Å². The van der Waals surface area contributed by atoms with E-state index in [1.165, 1.54) is 12.3 Å². The normalized spacial score (nSPS) is 13.5. The van der Waals surface area contributed by atoms with Gasteiger partial charge in [0.1, 0.15) is 0 Å². The molecule has 3 N–H and O–H groups in total. The summed E-state index contributed by atoms with van der Waals surface area (Å²) in [7, 11) is 0.853. The van der Waals surface area contributed by atoms with Gasteiger partial charge in [0.2, 0.25) is 0 Å². The SMILES string of the molecule is CC(CCN(C)C)Nc1ccc(S(C)(=O)=O)cc1N. The fourth-order valence-corrected chi connectivity index (χ4v) is 2.35. The Balaban J connectivity index is 2.75. The molecule has 0 heterocycles. The lowest BCUT2D eigenvalue weighted by atomic mass is 10.2. The van der Waals surface area contributed by atoms with E-state index in [1.54, 1.807) is 12.1 Å². The quantitative estimate of drug-likeness (QED) is 0.773. The second-order valence-corrected chi connectivity index (χ2v) is 7.17. The molecule has 0 amide bonds. The number of hydrogen-bond acceptors (Lipinski definition) is 5.